The van der Waals surface area contributed by atoms with E-state index in [4.69, 9.17) is 10.2 Å². The first-order chi connectivity index (χ1) is 5.74. The van der Waals surface area contributed by atoms with Crippen molar-refractivity contribution in [2.75, 3.05) is 11.9 Å². The van der Waals surface area contributed by atoms with Crippen LogP contribution in [-0.2, 0) is 4.79 Å². The molecule has 12 heavy (non-hydrogen) atoms. The summed E-state index contributed by atoms with van der Waals surface area (Å²) in [6, 6.07) is 0.843. The maximum absolute atomic E-state index is 10.4. The molecule has 0 amide bonds. The van der Waals surface area contributed by atoms with Crippen LogP contribution in [0.4, 0.5) is 5.69 Å². The van der Waals surface area contributed by atoms with Crippen molar-refractivity contribution in [3.8, 4) is 0 Å². The molecule has 0 fully saturated rings. The lowest BCUT2D eigenvalue weighted by Crippen LogP contribution is -2.32. The molecule has 1 aromatic heterocycles. The first-order valence-electron chi connectivity index (χ1n) is 3.36. The van der Waals surface area contributed by atoms with Gasteiger partial charge < -0.3 is 15.5 Å². The average molecular weight is 187 g/mol. The fourth-order valence-corrected chi connectivity index (χ4v) is 1.33. The normalized spacial score (nSPS) is 12.4. The Balaban J connectivity index is 2.54. The summed E-state index contributed by atoms with van der Waals surface area (Å²) in [7, 11) is 0. The van der Waals surface area contributed by atoms with E-state index in [2.05, 4.69) is 5.32 Å². The largest absolute Gasteiger partial charge is 0.480 e. The number of nitrogens with one attached hydrogen (secondary N) is 1. The molecule has 66 valence electrons. The monoisotopic (exact) mass is 187 g/mol. The number of aliphatic hydroxyl groups excluding tert-OH is 1. The average Bonchev–Trinajstić information content (AvgIpc) is 2.51. The van der Waals surface area contributed by atoms with E-state index in [1.165, 1.54) is 11.3 Å². The number of carbonyl (C=O) groups is 1. The Kier molecular flexibility index (Phi) is 3.07. The van der Waals surface area contributed by atoms with Gasteiger partial charge in [0.2, 0.25) is 0 Å². The highest BCUT2D eigenvalue weighted by molar-refractivity contribution is 7.08. The van der Waals surface area contributed by atoms with Gasteiger partial charge in [-0.15, -0.1) is 0 Å². The van der Waals surface area contributed by atoms with Gasteiger partial charge in [-0.25, -0.2) is 4.79 Å². The molecular formula is C7H9NO3S. The zero-order chi connectivity index (χ0) is 8.97. The minimum Gasteiger partial charge on any atom is -0.480 e. The zero-order valence-electron chi connectivity index (χ0n) is 6.23. The van der Waals surface area contributed by atoms with Crippen molar-refractivity contribution < 1.29 is 15.0 Å². The van der Waals surface area contributed by atoms with E-state index in [9.17, 15) is 4.79 Å². The first-order valence-corrected chi connectivity index (χ1v) is 4.30. The van der Waals surface area contributed by atoms with E-state index in [1.54, 1.807) is 11.4 Å². The molecule has 0 aromatic carbocycles. The second-order valence-corrected chi connectivity index (χ2v) is 3.01. The Morgan fingerprint density at radius 3 is 2.92 bits per heavy atom. The summed E-state index contributed by atoms with van der Waals surface area (Å²) < 4.78 is 0. The van der Waals surface area contributed by atoms with Gasteiger partial charge in [0.15, 0.2) is 0 Å². The molecule has 0 radical (unpaired) electrons. The second kappa shape index (κ2) is 4.08. The van der Waals surface area contributed by atoms with Crippen molar-refractivity contribution in [1.82, 2.24) is 0 Å². The van der Waals surface area contributed by atoms with Crippen molar-refractivity contribution >= 4 is 23.0 Å². The topological polar surface area (TPSA) is 69.6 Å². The van der Waals surface area contributed by atoms with Crippen LogP contribution in [-0.4, -0.2) is 28.8 Å². The number of aliphatic carboxylic acids is 1. The van der Waals surface area contributed by atoms with E-state index in [-0.39, 0.29) is 0 Å². The number of hydrogen-bond donors (Lipinski definition) is 3. The third kappa shape index (κ3) is 2.21. The minimum atomic E-state index is -1.05. The fraction of sp³-hybridized carbons (Fsp3) is 0.286. The zero-order valence-corrected chi connectivity index (χ0v) is 7.04. The van der Waals surface area contributed by atoms with Crippen molar-refractivity contribution in [2.24, 2.45) is 0 Å². The summed E-state index contributed by atoms with van der Waals surface area (Å²) in [5, 5.41) is 23.5. The number of aliphatic hydroxyl groups is 1. The fourth-order valence-electron chi connectivity index (χ4n) is 0.733. The van der Waals surface area contributed by atoms with Gasteiger partial charge in [-0.05, 0) is 11.4 Å². The third-order valence-corrected chi connectivity index (χ3v) is 2.03. The lowest BCUT2D eigenvalue weighted by atomic mass is 10.3. The van der Waals surface area contributed by atoms with Gasteiger partial charge in [0.1, 0.15) is 6.04 Å². The Morgan fingerprint density at radius 2 is 2.50 bits per heavy atom. The lowest BCUT2D eigenvalue weighted by molar-refractivity contribution is -0.138. The van der Waals surface area contributed by atoms with Crippen molar-refractivity contribution in [3.63, 3.8) is 0 Å². The highest BCUT2D eigenvalue weighted by atomic mass is 32.1. The SMILES string of the molecule is O=C(O)[C@H](CO)Nc1ccsc1. The van der Waals surface area contributed by atoms with E-state index in [0.717, 1.165) is 5.69 Å². The summed E-state index contributed by atoms with van der Waals surface area (Å²) in [5.41, 5.74) is 0.724. The Hall–Kier alpha value is -1.07. The smallest absolute Gasteiger partial charge is 0.328 e. The van der Waals surface area contributed by atoms with Crippen LogP contribution in [0.25, 0.3) is 0 Å². The first kappa shape index (κ1) is 9.02. The van der Waals surface area contributed by atoms with E-state index >= 15 is 0 Å². The number of rotatable bonds is 4. The van der Waals surface area contributed by atoms with E-state index in [1.807, 2.05) is 5.38 Å². The highest BCUT2D eigenvalue weighted by Gasteiger charge is 2.15. The Labute approximate surface area is 73.5 Å². The van der Waals surface area contributed by atoms with E-state index in [0.29, 0.717) is 0 Å². The van der Waals surface area contributed by atoms with Crippen LogP contribution < -0.4 is 5.32 Å². The van der Waals surface area contributed by atoms with Gasteiger partial charge in [-0.1, -0.05) is 0 Å². The third-order valence-electron chi connectivity index (χ3n) is 1.34. The van der Waals surface area contributed by atoms with Gasteiger partial charge in [0.05, 0.1) is 6.61 Å². The van der Waals surface area contributed by atoms with Crippen LogP contribution in [0.2, 0.25) is 0 Å². The predicted molar refractivity (Wildman–Crippen MR) is 46.5 cm³/mol. The molecule has 1 atom stereocenters. The molecule has 0 aliphatic rings. The van der Waals surface area contributed by atoms with Crippen LogP contribution in [0, 0.1) is 0 Å². The highest BCUT2D eigenvalue weighted by Crippen LogP contribution is 2.12. The van der Waals surface area contributed by atoms with Crippen molar-refractivity contribution in [1.29, 1.82) is 0 Å². The maximum atomic E-state index is 10.4. The molecule has 3 N–H and O–H groups in total. The molecule has 0 bridgehead atoms. The molecule has 0 saturated heterocycles. The van der Waals surface area contributed by atoms with E-state index < -0.39 is 18.6 Å². The van der Waals surface area contributed by atoms with Crippen molar-refractivity contribution in [3.05, 3.63) is 16.8 Å². The predicted octanol–water partition coefficient (Wildman–Crippen LogP) is 0.605. The molecule has 4 nitrogen and oxygen atoms in total. The molecule has 5 heteroatoms. The molecule has 1 heterocycles. The van der Waals surface area contributed by atoms with Crippen LogP contribution in [0.3, 0.4) is 0 Å². The van der Waals surface area contributed by atoms with Gasteiger partial charge in [0, 0.05) is 11.1 Å². The minimum absolute atomic E-state index is 0.412. The van der Waals surface area contributed by atoms with Gasteiger partial charge in [-0.2, -0.15) is 11.3 Å². The summed E-state index contributed by atoms with van der Waals surface area (Å²) in [4.78, 5) is 10.4. The van der Waals surface area contributed by atoms with Gasteiger partial charge in [0.25, 0.3) is 0 Å². The summed E-state index contributed by atoms with van der Waals surface area (Å²) >= 11 is 1.47. The summed E-state index contributed by atoms with van der Waals surface area (Å²) in [6.45, 7) is -0.412. The molecule has 0 saturated carbocycles. The number of hydrogen-bond acceptors (Lipinski definition) is 4. The number of thiophene rings is 1. The quantitative estimate of drug-likeness (QED) is 0.645. The van der Waals surface area contributed by atoms with Crippen LogP contribution in [0.5, 0.6) is 0 Å². The summed E-state index contributed by atoms with van der Waals surface area (Å²) in [5.74, 6) is -1.05. The molecule has 0 spiro atoms. The second-order valence-electron chi connectivity index (χ2n) is 2.23. The molecule has 0 aliphatic heterocycles. The maximum Gasteiger partial charge on any atom is 0.328 e. The number of carboxylic acids is 1. The van der Waals surface area contributed by atoms with Gasteiger partial charge in [-0.3, -0.25) is 0 Å². The molecular weight excluding hydrogens is 178 g/mol. The molecule has 0 aliphatic carbocycles. The van der Waals surface area contributed by atoms with Crippen LogP contribution in [0.15, 0.2) is 16.8 Å². The number of anilines is 1. The molecule has 1 rings (SSSR count). The number of carboxylic acid groups (broad SMARTS) is 1. The molecule has 1 aromatic rings. The van der Waals surface area contributed by atoms with Crippen LogP contribution in [0.1, 0.15) is 0 Å². The standard InChI is InChI=1S/C7H9NO3S/c9-3-6(7(10)11)8-5-1-2-12-4-5/h1-2,4,6,8-9H,3H2,(H,10,11)/t6-/m0/s1. The van der Waals surface area contributed by atoms with Crippen LogP contribution >= 0.6 is 11.3 Å². The van der Waals surface area contributed by atoms with Gasteiger partial charge >= 0.3 is 5.97 Å². The Morgan fingerprint density at radius 1 is 1.75 bits per heavy atom. The lowest BCUT2D eigenvalue weighted by Gasteiger charge is -2.10. The van der Waals surface area contributed by atoms with Crippen molar-refractivity contribution in [2.45, 2.75) is 6.04 Å². The molecule has 0 unspecified atom stereocenters. The summed E-state index contributed by atoms with van der Waals surface area (Å²) in [6.07, 6.45) is 0. The Bertz CT molecular complexity index is 247.